The van der Waals surface area contributed by atoms with Gasteiger partial charge in [-0.25, -0.2) is 21.2 Å². The number of anilines is 1. The van der Waals surface area contributed by atoms with Gasteiger partial charge >= 0.3 is 0 Å². The van der Waals surface area contributed by atoms with Crippen molar-refractivity contribution in [2.75, 3.05) is 5.32 Å². The molecule has 1 aromatic heterocycles. The zero-order chi connectivity index (χ0) is 18.9. The molecule has 5 nitrogen and oxygen atoms in total. The summed E-state index contributed by atoms with van der Waals surface area (Å²) in [7, 11) is -3.85. The van der Waals surface area contributed by atoms with Crippen molar-refractivity contribution in [1.29, 1.82) is 0 Å². The highest BCUT2D eigenvalue weighted by atomic mass is 32.2. The smallest absolute Gasteiger partial charge is 0.267 e. The second-order valence-corrected chi connectivity index (χ2v) is 7.45. The standard InChI is InChI=1S/C18H14F2N2O3S/c1-12-5-7-14(8-6-12)26(24,25)22-10-9-13(11-22)18(23)21-16-4-2-3-15(19)17(16)20/h2-11H,1H3,(H,21,23). The van der Waals surface area contributed by atoms with Crippen LogP contribution in [0.2, 0.25) is 0 Å². The Labute approximate surface area is 148 Å². The third-order valence-corrected chi connectivity index (χ3v) is 5.38. The Kier molecular flexibility index (Phi) is 4.60. The average molecular weight is 376 g/mol. The number of carbonyl (C=O) groups is 1. The van der Waals surface area contributed by atoms with Gasteiger partial charge in [0.2, 0.25) is 0 Å². The maximum absolute atomic E-state index is 13.6. The SMILES string of the molecule is Cc1ccc(S(=O)(=O)n2ccc(C(=O)Nc3cccc(F)c3F)c2)cc1. The molecule has 2 aromatic carbocycles. The number of rotatable bonds is 4. The summed E-state index contributed by atoms with van der Waals surface area (Å²) in [5, 5.41) is 2.22. The third-order valence-electron chi connectivity index (χ3n) is 3.73. The lowest BCUT2D eigenvalue weighted by atomic mass is 10.2. The van der Waals surface area contributed by atoms with Crippen LogP contribution in [0.3, 0.4) is 0 Å². The predicted molar refractivity (Wildman–Crippen MR) is 92.5 cm³/mol. The minimum Gasteiger partial charge on any atom is -0.319 e. The lowest BCUT2D eigenvalue weighted by molar-refractivity contribution is 0.102. The van der Waals surface area contributed by atoms with Crippen LogP contribution >= 0.6 is 0 Å². The Morgan fingerprint density at radius 1 is 1.04 bits per heavy atom. The van der Waals surface area contributed by atoms with Gasteiger partial charge in [0.15, 0.2) is 11.6 Å². The highest BCUT2D eigenvalue weighted by Crippen LogP contribution is 2.19. The van der Waals surface area contributed by atoms with Crippen LogP contribution in [0.1, 0.15) is 15.9 Å². The Balaban J connectivity index is 1.86. The van der Waals surface area contributed by atoms with Gasteiger partial charge in [0.1, 0.15) is 0 Å². The molecule has 3 aromatic rings. The molecular formula is C18H14F2N2O3S. The van der Waals surface area contributed by atoms with Gasteiger partial charge in [-0.3, -0.25) is 4.79 Å². The van der Waals surface area contributed by atoms with Crippen molar-refractivity contribution in [2.24, 2.45) is 0 Å². The number of amides is 1. The number of nitrogens with zero attached hydrogens (tertiary/aromatic N) is 1. The summed E-state index contributed by atoms with van der Waals surface area (Å²) in [4.78, 5) is 12.3. The molecule has 1 N–H and O–H groups in total. The number of carbonyl (C=O) groups excluding carboxylic acids is 1. The highest BCUT2D eigenvalue weighted by molar-refractivity contribution is 7.90. The molecule has 0 aliphatic carbocycles. The average Bonchev–Trinajstić information content (AvgIpc) is 3.10. The van der Waals surface area contributed by atoms with Crippen molar-refractivity contribution in [3.8, 4) is 0 Å². The number of halogens is 2. The minimum absolute atomic E-state index is 0.00986. The lowest BCUT2D eigenvalue weighted by Gasteiger charge is -2.07. The van der Waals surface area contributed by atoms with Crippen molar-refractivity contribution in [3.63, 3.8) is 0 Å². The van der Waals surface area contributed by atoms with E-state index < -0.39 is 27.6 Å². The topological polar surface area (TPSA) is 68.2 Å². The van der Waals surface area contributed by atoms with E-state index in [0.29, 0.717) is 0 Å². The van der Waals surface area contributed by atoms with Gasteiger partial charge in [0, 0.05) is 12.4 Å². The molecule has 0 aliphatic heterocycles. The molecule has 0 saturated carbocycles. The minimum atomic E-state index is -3.85. The molecule has 134 valence electrons. The summed E-state index contributed by atoms with van der Waals surface area (Å²) >= 11 is 0. The summed E-state index contributed by atoms with van der Waals surface area (Å²) in [6.07, 6.45) is 2.33. The van der Waals surface area contributed by atoms with Crippen molar-refractivity contribution in [3.05, 3.63) is 83.7 Å². The van der Waals surface area contributed by atoms with E-state index in [1.165, 1.54) is 36.5 Å². The fourth-order valence-electron chi connectivity index (χ4n) is 2.29. The Morgan fingerprint density at radius 2 is 1.73 bits per heavy atom. The monoisotopic (exact) mass is 376 g/mol. The first kappa shape index (κ1) is 17.8. The highest BCUT2D eigenvalue weighted by Gasteiger charge is 2.19. The first-order chi connectivity index (χ1) is 12.3. The second-order valence-electron chi connectivity index (χ2n) is 5.60. The molecule has 0 saturated heterocycles. The van der Waals surface area contributed by atoms with Crippen LogP contribution in [0.5, 0.6) is 0 Å². The molecule has 0 bridgehead atoms. The van der Waals surface area contributed by atoms with Gasteiger partial charge in [0.25, 0.3) is 15.9 Å². The van der Waals surface area contributed by atoms with Gasteiger partial charge in [-0.2, -0.15) is 0 Å². The number of aromatic nitrogens is 1. The summed E-state index contributed by atoms with van der Waals surface area (Å²) < 4.78 is 52.9. The maximum Gasteiger partial charge on any atom is 0.267 e. The van der Waals surface area contributed by atoms with Crippen LogP contribution in [0.15, 0.2) is 65.8 Å². The quantitative estimate of drug-likeness (QED) is 0.757. The van der Waals surface area contributed by atoms with Gasteiger partial charge in [-0.05, 0) is 37.3 Å². The molecule has 0 unspecified atom stereocenters. The van der Waals surface area contributed by atoms with Crippen LogP contribution in [-0.4, -0.2) is 18.3 Å². The fourth-order valence-corrected chi connectivity index (χ4v) is 3.48. The van der Waals surface area contributed by atoms with E-state index >= 15 is 0 Å². The molecule has 1 heterocycles. The predicted octanol–water partition coefficient (Wildman–Crippen LogP) is 3.56. The van der Waals surface area contributed by atoms with E-state index in [1.807, 2.05) is 6.92 Å². The first-order valence-electron chi connectivity index (χ1n) is 7.54. The zero-order valence-corrected chi connectivity index (χ0v) is 14.4. The maximum atomic E-state index is 13.6. The van der Waals surface area contributed by atoms with E-state index in [1.54, 1.807) is 12.1 Å². The number of aryl methyl sites for hydroxylation is 1. The lowest BCUT2D eigenvalue weighted by Crippen LogP contribution is -2.14. The molecular weight excluding hydrogens is 362 g/mol. The number of hydrogen-bond acceptors (Lipinski definition) is 3. The Bertz CT molecular complexity index is 1070. The molecule has 1 amide bonds. The van der Waals surface area contributed by atoms with Crippen LogP contribution in [-0.2, 0) is 10.0 Å². The molecule has 0 fully saturated rings. The number of benzene rings is 2. The molecule has 8 heteroatoms. The number of hydrogen-bond donors (Lipinski definition) is 1. The summed E-state index contributed by atoms with van der Waals surface area (Å²) in [5.41, 5.74) is 0.571. The summed E-state index contributed by atoms with van der Waals surface area (Å²) in [5.74, 6) is -3.04. The van der Waals surface area contributed by atoms with Crippen molar-refractivity contribution in [2.45, 2.75) is 11.8 Å². The molecule has 0 spiro atoms. The molecule has 0 aliphatic rings. The van der Waals surface area contributed by atoms with E-state index in [9.17, 15) is 22.0 Å². The summed E-state index contributed by atoms with van der Waals surface area (Å²) in [6.45, 7) is 1.83. The van der Waals surface area contributed by atoms with Crippen LogP contribution in [0.25, 0.3) is 0 Å². The Morgan fingerprint density at radius 3 is 2.42 bits per heavy atom. The number of nitrogens with one attached hydrogen (secondary N) is 1. The fraction of sp³-hybridized carbons (Fsp3) is 0.0556. The van der Waals surface area contributed by atoms with E-state index in [4.69, 9.17) is 0 Å². The van der Waals surface area contributed by atoms with Crippen molar-refractivity contribution >= 4 is 21.6 Å². The molecule has 0 atom stereocenters. The zero-order valence-electron chi connectivity index (χ0n) is 13.6. The van der Waals surface area contributed by atoms with Gasteiger partial charge in [0.05, 0.1) is 16.1 Å². The second kappa shape index (κ2) is 6.72. The summed E-state index contributed by atoms with van der Waals surface area (Å²) in [6, 6.07) is 10.9. The molecule has 0 radical (unpaired) electrons. The van der Waals surface area contributed by atoms with Gasteiger partial charge in [-0.15, -0.1) is 0 Å². The van der Waals surface area contributed by atoms with E-state index in [-0.39, 0.29) is 16.1 Å². The van der Waals surface area contributed by atoms with Crippen molar-refractivity contribution < 1.29 is 22.0 Å². The van der Waals surface area contributed by atoms with Gasteiger partial charge in [-0.1, -0.05) is 23.8 Å². The largest absolute Gasteiger partial charge is 0.319 e. The third kappa shape index (κ3) is 3.36. The molecule has 3 rings (SSSR count). The van der Waals surface area contributed by atoms with Crippen LogP contribution < -0.4 is 5.32 Å². The van der Waals surface area contributed by atoms with Crippen molar-refractivity contribution in [1.82, 2.24) is 3.97 Å². The first-order valence-corrected chi connectivity index (χ1v) is 8.98. The van der Waals surface area contributed by atoms with Crippen LogP contribution in [0, 0.1) is 18.6 Å². The van der Waals surface area contributed by atoms with Crippen LogP contribution in [0.4, 0.5) is 14.5 Å². The Hall–Kier alpha value is -3.00. The van der Waals surface area contributed by atoms with E-state index in [0.717, 1.165) is 21.8 Å². The normalized spacial score (nSPS) is 11.3. The van der Waals surface area contributed by atoms with E-state index in [2.05, 4.69) is 5.32 Å². The molecule has 26 heavy (non-hydrogen) atoms. The van der Waals surface area contributed by atoms with Gasteiger partial charge < -0.3 is 5.32 Å².